The van der Waals surface area contributed by atoms with Crippen molar-refractivity contribution in [2.75, 3.05) is 32.0 Å². The fourth-order valence-electron chi connectivity index (χ4n) is 1.32. The average molecular weight is 261 g/mol. The lowest BCUT2D eigenvalue weighted by molar-refractivity contribution is 0.217. The molecule has 4 N–H and O–H groups in total. The van der Waals surface area contributed by atoms with Gasteiger partial charge in [-0.15, -0.1) is 0 Å². The summed E-state index contributed by atoms with van der Waals surface area (Å²) in [4.78, 5) is 3.58. The number of sulfonamides is 1. The third kappa shape index (κ3) is 3.13. The number of aliphatic hydroxyl groups is 2. The van der Waals surface area contributed by atoms with Crippen LogP contribution in [0.1, 0.15) is 0 Å². The van der Waals surface area contributed by atoms with Crippen LogP contribution in [-0.2, 0) is 10.0 Å². The second kappa shape index (κ2) is 5.92. The first-order valence-electron chi connectivity index (χ1n) is 4.95. The van der Waals surface area contributed by atoms with Crippen molar-refractivity contribution in [3.63, 3.8) is 0 Å². The molecule has 0 spiro atoms. The standard InChI is InChI=1S/C9H15N3O4S/c10-8-1-2-11-7-9(8)17(15,16)12(3-5-13)4-6-14/h1-2,7,13-14H,3-6H2,(H2,10,11). The lowest BCUT2D eigenvalue weighted by Gasteiger charge is -2.20. The number of pyridine rings is 1. The van der Waals surface area contributed by atoms with E-state index in [2.05, 4.69) is 4.98 Å². The van der Waals surface area contributed by atoms with Crippen molar-refractivity contribution in [3.8, 4) is 0 Å². The maximum absolute atomic E-state index is 12.1. The van der Waals surface area contributed by atoms with Gasteiger partial charge in [0, 0.05) is 25.5 Å². The van der Waals surface area contributed by atoms with E-state index in [0.29, 0.717) is 0 Å². The number of hydrogen-bond acceptors (Lipinski definition) is 6. The van der Waals surface area contributed by atoms with Gasteiger partial charge in [0.25, 0.3) is 0 Å². The van der Waals surface area contributed by atoms with Gasteiger partial charge in [0.05, 0.1) is 18.9 Å². The highest BCUT2D eigenvalue weighted by atomic mass is 32.2. The van der Waals surface area contributed by atoms with E-state index in [1.165, 1.54) is 12.3 Å². The Morgan fingerprint density at radius 3 is 2.35 bits per heavy atom. The van der Waals surface area contributed by atoms with Crippen LogP contribution in [0, 0.1) is 0 Å². The van der Waals surface area contributed by atoms with E-state index in [1.54, 1.807) is 0 Å². The van der Waals surface area contributed by atoms with Gasteiger partial charge in [0.2, 0.25) is 10.0 Å². The van der Waals surface area contributed by atoms with Crippen molar-refractivity contribution >= 4 is 15.7 Å². The minimum atomic E-state index is -3.83. The van der Waals surface area contributed by atoms with Gasteiger partial charge in [0.15, 0.2) is 0 Å². The van der Waals surface area contributed by atoms with Crippen LogP contribution in [0.5, 0.6) is 0 Å². The van der Waals surface area contributed by atoms with Crippen molar-refractivity contribution in [1.29, 1.82) is 0 Å². The first-order chi connectivity index (χ1) is 8.04. The largest absolute Gasteiger partial charge is 0.398 e. The Morgan fingerprint density at radius 2 is 1.88 bits per heavy atom. The van der Waals surface area contributed by atoms with Crippen molar-refractivity contribution in [2.24, 2.45) is 0 Å². The second-order valence-electron chi connectivity index (χ2n) is 3.26. The van der Waals surface area contributed by atoms with Crippen molar-refractivity contribution in [2.45, 2.75) is 4.90 Å². The summed E-state index contributed by atoms with van der Waals surface area (Å²) in [7, 11) is -3.83. The maximum atomic E-state index is 12.1. The summed E-state index contributed by atoms with van der Waals surface area (Å²) in [5, 5.41) is 17.6. The zero-order chi connectivity index (χ0) is 12.9. The van der Waals surface area contributed by atoms with E-state index in [4.69, 9.17) is 15.9 Å². The second-order valence-corrected chi connectivity index (χ2v) is 5.17. The van der Waals surface area contributed by atoms with Crippen molar-refractivity contribution in [1.82, 2.24) is 9.29 Å². The molecule has 0 radical (unpaired) electrons. The molecule has 1 aromatic rings. The first-order valence-corrected chi connectivity index (χ1v) is 6.39. The molecule has 0 saturated heterocycles. The lowest BCUT2D eigenvalue weighted by atomic mass is 10.4. The Bertz CT molecular complexity index is 457. The Kier molecular flexibility index (Phi) is 4.82. The van der Waals surface area contributed by atoms with E-state index in [0.717, 1.165) is 10.5 Å². The van der Waals surface area contributed by atoms with Gasteiger partial charge in [-0.3, -0.25) is 4.98 Å². The SMILES string of the molecule is Nc1ccncc1S(=O)(=O)N(CCO)CCO. The highest BCUT2D eigenvalue weighted by molar-refractivity contribution is 7.89. The Labute approximate surface area is 99.6 Å². The number of aliphatic hydroxyl groups excluding tert-OH is 2. The molecular weight excluding hydrogens is 246 g/mol. The van der Waals surface area contributed by atoms with E-state index >= 15 is 0 Å². The molecule has 17 heavy (non-hydrogen) atoms. The van der Waals surface area contributed by atoms with E-state index in [-0.39, 0.29) is 36.9 Å². The molecule has 96 valence electrons. The van der Waals surface area contributed by atoms with Gasteiger partial charge in [-0.25, -0.2) is 8.42 Å². The molecule has 0 unspecified atom stereocenters. The summed E-state index contributed by atoms with van der Waals surface area (Å²) < 4.78 is 25.2. The quantitative estimate of drug-likeness (QED) is 0.582. The molecule has 8 heteroatoms. The minimum absolute atomic E-state index is 0.0841. The van der Waals surface area contributed by atoms with Crippen LogP contribution in [0.15, 0.2) is 23.4 Å². The summed E-state index contributed by atoms with van der Waals surface area (Å²) in [6.07, 6.45) is 2.53. The van der Waals surface area contributed by atoms with Crippen LogP contribution < -0.4 is 5.73 Å². The lowest BCUT2D eigenvalue weighted by Crippen LogP contribution is -2.36. The van der Waals surface area contributed by atoms with Gasteiger partial charge in [-0.1, -0.05) is 0 Å². The maximum Gasteiger partial charge on any atom is 0.246 e. The number of nitrogen functional groups attached to an aromatic ring is 1. The molecule has 1 heterocycles. The Balaban J connectivity index is 3.12. The number of anilines is 1. The normalized spacial score (nSPS) is 11.9. The fraction of sp³-hybridized carbons (Fsp3) is 0.444. The zero-order valence-electron chi connectivity index (χ0n) is 9.15. The van der Waals surface area contributed by atoms with Crippen LogP contribution >= 0.6 is 0 Å². The number of nitrogens with zero attached hydrogens (tertiary/aromatic N) is 2. The molecule has 0 aromatic carbocycles. The van der Waals surface area contributed by atoms with Crippen LogP contribution in [-0.4, -0.2) is 54.2 Å². The topological polar surface area (TPSA) is 117 Å². The Hall–Kier alpha value is -1.22. The van der Waals surface area contributed by atoms with Crippen LogP contribution in [0.25, 0.3) is 0 Å². The third-order valence-corrected chi connectivity index (χ3v) is 4.08. The fourth-order valence-corrected chi connectivity index (χ4v) is 2.80. The van der Waals surface area contributed by atoms with Gasteiger partial charge in [0.1, 0.15) is 4.90 Å². The zero-order valence-corrected chi connectivity index (χ0v) is 9.97. The molecule has 0 bridgehead atoms. The number of hydrogen-bond donors (Lipinski definition) is 3. The molecule has 0 fully saturated rings. The first kappa shape index (κ1) is 13.8. The summed E-state index contributed by atoms with van der Waals surface area (Å²) in [6.45, 7) is -0.868. The smallest absolute Gasteiger partial charge is 0.246 e. The molecular formula is C9H15N3O4S. The van der Waals surface area contributed by atoms with Crippen molar-refractivity contribution < 1.29 is 18.6 Å². The number of rotatable bonds is 6. The number of aromatic nitrogens is 1. The van der Waals surface area contributed by atoms with E-state index < -0.39 is 10.0 Å². The van der Waals surface area contributed by atoms with E-state index in [9.17, 15) is 8.42 Å². The van der Waals surface area contributed by atoms with Gasteiger partial charge in [-0.2, -0.15) is 4.31 Å². The molecule has 1 rings (SSSR count). The molecule has 1 aromatic heterocycles. The predicted molar refractivity (Wildman–Crippen MR) is 61.6 cm³/mol. The molecule has 0 aliphatic heterocycles. The van der Waals surface area contributed by atoms with Gasteiger partial charge in [-0.05, 0) is 6.07 Å². The van der Waals surface area contributed by atoms with Gasteiger partial charge >= 0.3 is 0 Å². The minimum Gasteiger partial charge on any atom is -0.398 e. The summed E-state index contributed by atoms with van der Waals surface area (Å²) in [6, 6.07) is 1.38. The average Bonchev–Trinajstić information content (AvgIpc) is 2.29. The highest BCUT2D eigenvalue weighted by Gasteiger charge is 2.25. The summed E-state index contributed by atoms with van der Waals surface area (Å²) >= 11 is 0. The monoisotopic (exact) mass is 261 g/mol. The molecule has 0 aliphatic carbocycles. The predicted octanol–water partition coefficient (Wildman–Crippen LogP) is -1.36. The Morgan fingerprint density at radius 1 is 1.29 bits per heavy atom. The summed E-state index contributed by atoms with van der Waals surface area (Å²) in [5.41, 5.74) is 5.65. The van der Waals surface area contributed by atoms with Crippen LogP contribution in [0.4, 0.5) is 5.69 Å². The third-order valence-electron chi connectivity index (χ3n) is 2.13. The molecule has 0 atom stereocenters. The number of nitrogens with two attached hydrogens (primary N) is 1. The van der Waals surface area contributed by atoms with Gasteiger partial charge < -0.3 is 15.9 Å². The van der Waals surface area contributed by atoms with E-state index in [1.807, 2.05) is 0 Å². The summed E-state index contributed by atoms with van der Waals surface area (Å²) in [5.74, 6) is 0. The van der Waals surface area contributed by atoms with Crippen LogP contribution in [0.2, 0.25) is 0 Å². The molecule has 0 aliphatic rings. The molecule has 0 saturated carbocycles. The molecule has 7 nitrogen and oxygen atoms in total. The van der Waals surface area contributed by atoms with Crippen molar-refractivity contribution in [3.05, 3.63) is 18.5 Å². The molecule has 0 amide bonds. The van der Waals surface area contributed by atoms with Crippen LogP contribution in [0.3, 0.4) is 0 Å². The highest BCUT2D eigenvalue weighted by Crippen LogP contribution is 2.20.